The average Bonchev–Trinajstić information content (AvgIpc) is 2.61. The Morgan fingerprint density at radius 2 is 1.74 bits per heavy atom. The van der Waals surface area contributed by atoms with E-state index in [1.54, 1.807) is 0 Å². The van der Waals surface area contributed by atoms with Crippen molar-refractivity contribution < 1.29 is 19.2 Å². The van der Waals surface area contributed by atoms with Crippen LogP contribution in [0.3, 0.4) is 0 Å². The lowest BCUT2D eigenvalue weighted by molar-refractivity contribution is -0.566. The number of fused-ring (bicyclic) bond motifs is 2. The second-order valence-electron chi connectivity index (χ2n) is 7.22. The Bertz CT molecular complexity index is 386. The van der Waals surface area contributed by atoms with Gasteiger partial charge in [-0.1, -0.05) is 13.8 Å². The van der Waals surface area contributed by atoms with Crippen LogP contribution in [0, 0.1) is 23.7 Å². The molecule has 0 aromatic carbocycles. The van der Waals surface area contributed by atoms with Crippen LogP contribution in [0.2, 0.25) is 0 Å². The molecule has 0 N–H and O–H groups in total. The molecule has 5 unspecified atom stereocenters. The maximum Gasteiger partial charge on any atom is 0.201 e. The molecule has 19 heavy (non-hydrogen) atoms. The molecule has 4 aliphatic heterocycles. The number of ether oxygens (including phenoxy) is 2. The SMILES string of the molecule is CC1CCC2[C@@H](C)COC3OC4(C)CCC1[C@]32OO4. The first kappa shape index (κ1) is 12.6. The molecule has 4 nitrogen and oxygen atoms in total. The summed E-state index contributed by atoms with van der Waals surface area (Å²) in [4.78, 5) is 11.7. The number of hydrogen-bond acceptors (Lipinski definition) is 4. The van der Waals surface area contributed by atoms with Crippen LogP contribution in [0.4, 0.5) is 0 Å². The lowest BCUT2D eigenvalue weighted by atomic mass is 9.58. The normalized spacial score (nSPS) is 60.5. The molecule has 0 amide bonds. The van der Waals surface area contributed by atoms with Gasteiger partial charge >= 0.3 is 0 Å². The van der Waals surface area contributed by atoms with Crippen LogP contribution < -0.4 is 0 Å². The van der Waals surface area contributed by atoms with Gasteiger partial charge in [-0.15, -0.1) is 0 Å². The highest BCUT2D eigenvalue weighted by Gasteiger charge is 2.67. The average molecular weight is 268 g/mol. The summed E-state index contributed by atoms with van der Waals surface area (Å²) in [6, 6.07) is 0. The number of rotatable bonds is 0. The van der Waals surface area contributed by atoms with Gasteiger partial charge in [-0.05, 0) is 43.9 Å². The molecule has 1 saturated carbocycles. The molecule has 2 bridgehead atoms. The van der Waals surface area contributed by atoms with E-state index in [2.05, 4.69) is 13.8 Å². The quantitative estimate of drug-likeness (QED) is 0.633. The molecular weight excluding hydrogens is 244 g/mol. The lowest BCUT2D eigenvalue weighted by Crippen LogP contribution is -2.68. The molecule has 0 aromatic heterocycles. The molecule has 4 heteroatoms. The Morgan fingerprint density at radius 1 is 0.947 bits per heavy atom. The van der Waals surface area contributed by atoms with Crippen LogP contribution in [0.15, 0.2) is 0 Å². The molecular formula is C15H24O4. The van der Waals surface area contributed by atoms with Gasteiger partial charge in [0.15, 0.2) is 11.9 Å². The van der Waals surface area contributed by atoms with Crippen LogP contribution in [0.25, 0.3) is 0 Å². The first-order chi connectivity index (χ1) is 9.05. The van der Waals surface area contributed by atoms with Gasteiger partial charge in [0.1, 0.15) is 0 Å². The minimum absolute atomic E-state index is 0.248. The van der Waals surface area contributed by atoms with Gasteiger partial charge in [-0.3, -0.25) is 0 Å². The van der Waals surface area contributed by atoms with Crippen molar-refractivity contribution in [3.8, 4) is 0 Å². The summed E-state index contributed by atoms with van der Waals surface area (Å²) in [5, 5.41) is 0. The minimum Gasteiger partial charge on any atom is -0.349 e. The van der Waals surface area contributed by atoms with Crippen LogP contribution in [-0.2, 0) is 19.2 Å². The molecule has 5 rings (SSSR count). The van der Waals surface area contributed by atoms with Crippen molar-refractivity contribution in [2.45, 2.75) is 64.1 Å². The zero-order valence-corrected chi connectivity index (χ0v) is 12.1. The molecule has 5 aliphatic rings. The number of hydrogen-bond donors (Lipinski definition) is 0. The Labute approximate surface area is 114 Å². The Balaban J connectivity index is 1.81. The molecule has 1 aliphatic carbocycles. The van der Waals surface area contributed by atoms with E-state index < -0.39 is 5.79 Å². The third-order valence-electron chi connectivity index (χ3n) is 5.97. The van der Waals surface area contributed by atoms with E-state index >= 15 is 0 Å². The highest BCUT2D eigenvalue weighted by atomic mass is 17.3. The predicted molar refractivity (Wildman–Crippen MR) is 67.9 cm³/mol. The molecule has 0 radical (unpaired) electrons. The summed E-state index contributed by atoms with van der Waals surface area (Å²) in [5.74, 6) is 1.53. The van der Waals surface area contributed by atoms with E-state index in [0.29, 0.717) is 23.7 Å². The van der Waals surface area contributed by atoms with Crippen molar-refractivity contribution in [3.05, 3.63) is 0 Å². The summed E-state index contributed by atoms with van der Waals surface area (Å²) < 4.78 is 12.2. The van der Waals surface area contributed by atoms with Crippen molar-refractivity contribution in [1.29, 1.82) is 0 Å². The summed E-state index contributed by atoms with van der Waals surface area (Å²) in [6.45, 7) is 7.36. The fourth-order valence-electron chi connectivity index (χ4n) is 4.88. The van der Waals surface area contributed by atoms with Gasteiger partial charge in [-0.2, -0.15) is 0 Å². The van der Waals surface area contributed by atoms with Gasteiger partial charge in [0.05, 0.1) is 6.61 Å². The highest BCUT2D eigenvalue weighted by molar-refractivity contribution is 5.08. The van der Waals surface area contributed by atoms with Gasteiger partial charge in [0.2, 0.25) is 5.79 Å². The van der Waals surface area contributed by atoms with E-state index in [0.717, 1.165) is 19.4 Å². The molecule has 0 aromatic rings. The molecule has 5 fully saturated rings. The minimum atomic E-state index is -0.627. The molecule has 4 saturated heterocycles. The summed E-state index contributed by atoms with van der Waals surface area (Å²) in [6.07, 6.45) is 4.24. The standard InChI is InChI=1S/C15H24O4/c1-9-4-5-11-10(2)8-16-13-15(11)12(9)6-7-14(3,17-13)18-19-15/h9-13H,4-8H2,1-3H3/t9?,10-,11?,12?,13?,14?,15-/m0/s1. The smallest absolute Gasteiger partial charge is 0.201 e. The van der Waals surface area contributed by atoms with Gasteiger partial charge in [0, 0.05) is 12.3 Å². The zero-order valence-electron chi connectivity index (χ0n) is 12.1. The second-order valence-corrected chi connectivity index (χ2v) is 7.22. The fourth-order valence-corrected chi connectivity index (χ4v) is 4.88. The first-order valence-corrected chi connectivity index (χ1v) is 7.71. The Morgan fingerprint density at radius 3 is 2.58 bits per heavy atom. The first-order valence-electron chi connectivity index (χ1n) is 7.71. The summed E-state index contributed by atoms with van der Waals surface area (Å²) in [5.41, 5.74) is -0.370. The predicted octanol–water partition coefficient (Wildman–Crippen LogP) is 2.87. The van der Waals surface area contributed by atoms with Crippen LogP contribution in [0.5, 0.6) is 0 Å². The molecule has 7 atom stereocenters. The van der Waals surface area contributed by atoms with E-state index in [1.165, 1.54) is 12.8 Å². The largest absolute Gasteiger partial charge is 0.349 e. The maximum absolute atomic E-state index is 6.16. The van der Waals surface area contributed by atoms with E-state index in [-0.39, 0.29) is 11.9 Å². The molecule has 1 spiro atoms. The second kappa shape index (κ2) is 3.94. The van der Waals surface area contributed by atoms with Crippen LogP contribution >= 0.6 is 0 Å². The van der Waals surface area contributed by atoms with Crippen LogP contribution in [0.1, 0.15) is 46.5 Å². The summed E-state index contributed by atoms with van der Waals surface area (Å²) in [7, 11) is 0. The zero-order chi connectivity index (χ0) is 13.3. The van der Waals surface area contributed by atoms with E-state index in [1.807, 2.05) is 6.92 Å². The van der Waals surface area contributed by atoms with Crippen molar-refractivity contribution >= 4 is 0 Å². The summed E-state index contributed by atoms with van der Waals surface area (Å²) >= 11 is 0. The molecule has 108 valence electrons. The lowest BCUT2D eigenvalue weighted by Gasteiger charge is -2.58. The topological polar surface area (TPSA) is 36.9 Å². The monoisotopic (exact) mass is 268 g/mol. The van der Waals surface area contributed by atoms with E-state index in [9.17, 15) is 0 Å². The van der Waals surface area contributed by atoms with Gasteiger partial charge < -0.3 is 9.47 Å². The van der Waals surface area contributed by atoms with Crippen LogP contribution in [-0.4, -0.2) is 24.3 Å². The fraction of sp³-hybridized carbons (Fsp3) is 1.00. The van der Waals surface area contributed by atoms with E-state index in [4.69, 9.17) is 19.2 Å². The Kier molecular flexibility index (Phi) is 2.61. The van der Waals surface area contributed by atoms with Crippen molar-refractivity contribution in [2.75, 3.05) is 6.61 Å². The highest BCUT2D eigenvalue weighted by Crippen LogP contribution is 2.59. The molecule has 4 heterocycles. The van der Waals surface area contributed by atoms with Gasteiger partial charge in [-0.25, -0.2) is 9.78 Å². The maximum atomic E-state index is 6.16. The third kappa shape index (κ3) is 1.54. The van der Waals surface area contributed by atoms with Gasteiger partial charge in [0.25, 0.3) is 0 Å². The van der Waals surface area contributed by atoms with Crippen molar-refractivity contribution in [2.24, 2.45) is 23.7 Å². The van der Waals surface area contributed by atoms with Crippen molar-refractivity contribution in [3.63, 3.8) is 0 Å². The third-order valence-corrected chi connectivity index (χ3v) is 5.97. The van der Waals surface area contributed by atoms with Crippen molar-refractivity contribution in [1.82, 2.24) is 0 Å². The Hall–Kier alpha value is -0.160.